The van der Waals surface area contributed by atoms with Gasteiger partial charge in [0.1, 0.15) is 0 Å². The molecule has 0 fully saturated rings. The minimum atomic E-state index is -0.992. The number of thiazole rings is 1. The summed E-state index contributed by atoms with van der Waals surface area (Å²) in [6.45, 7) is 7.38. The maximum absolute atomic E-state index is 13.5. The first kappa shape index (κ1) is 24.1. The number of hydrogen-bond acceptors (Lipinski definition) is 7. The van der Waals surface area contributed by atoms with Gasteiger partial charge in [0.2, 0.25) is 0 Å². The van der Waals surface area contributed by atoms with Crippen LogP contribution in [0, 0.1) is 0 Å². The minimum Gasteiger partial charge on any atom is -0.449 e. The van der Waals surface area contributed by atoms with Crippen molar-refractivity contribution in [3.8, 4) is 11.3 Å². The van der Waals surface area contributed by atoms with Crippen molar-refractivity contribution in [3.63, 3.8) is 0 Å². The molecule has 1 unspecified atom stereocenters. The summed E-state index contributed by atoms with van der Waals surface area (Å²) < 4.78 is 5.71. The number of rotatable bonds is 6. The molecule has 1 atom stereocenters. The predicted octanol–water partition coefficient (Wildman–Crippen LogP) is 5.31. The molecule has 36 heavy (non-hydrogen) atoms. The summed E-state index contributed by atoms with van der Waals surface area (Å²) in [6, 6.07) is 17.7. The zero-order valence-corrected chi connectivity index (χ0v) is 21.3. The lowest BCUT2D eigenvalue weighted by molar-refractivity contribution is -0.123. The fourth-order valence-corrected chi connectivity index (χ4v) is 5.16. The van der Waals surface area contributed by atoms with Gasteiger partial charge in [-0.2, -0.15) is 0 Å². The van der Waals surface area contributed by atoms with Gasteiger partial charge >= 0.3 is 5.97 Å². The van der Waals surface area contributed by atoms with E-state index in [0.717, 1.165) is 46.4 Å². The van der Waals surface area contributed by atoms with E-state index in [1.54, 1.807) is 6.92 Å². The summed E-state index contributed by atoms with van der Waals surface area (Å²) in [7, 11) is 0. The Bertz CT molecular complexity index is 1420. The second kappa shape index (κ2) is 10.2. The van der Waals surface area contributed by atoms with E-state index < -0.39 is 18.0 Å². The maximum atomic E-state index is 13.5. The monoisotopic (exact) mass is 500 g/mol. The third-order valence-electron chi connectivity index (χ3n) is 6.47. The Hall–Kier alpha value is -3.62. The maximum Gasteiger partial charge on any atom is 0.339 e. The van der Waals surface area contributed by atoms with Crippen LogP contribution in [0.25, 0.3) is 22.2 Å². The molecule has 3 heterocycles. The van der Waals surface area contributed by atoms with E-state index in [-0.39, 0.29) is 0 Å². The van der Waals surface area contributed by atoms with Gasteiger partial charge in [0, 0.05) is 53.1 Å². The average molecular weight is 501 g/mol. The first-order valence-corrected chi connectivity index (χ1v) is 13.0. The van der Waals surface area contributed by atoms with E-state index >= 15 is 0 Å². The van der Waals surface area contributed by atoms with E-state index in [1.807, 2.05) is 60.0 Å². The lowest BCUT2D eigenvalue weighted by Gasteiger charge is -2.32. The van der Waals surface area contributed by atoms with Crippen LogP contribution < -0.4 is 5.32 Å². The molecule has 1 N–H and O–H groups in total. The molecule has 0 saturated heterocycles. The molecular formula is C28H28N4O3S. The molecule has 0 spiro atoms. The highest BCUT2D eigenvalue weighted by Gasteiger charge is 2.29. The number of carbonyl (C=O) groups is 2. The van der Waals surface area contributed by atoms with Gasteiger partial charge in [-0.05, 0) is 26.8 Å². The number of anilines is 1. The first-order valence-electron chi connectivity index (χ1n) is 12.1. The summed E-state index contributed by atoms with van der Waals surface area (Å²) in [6.07, 6.45) is -0.225. The molecule has 0 bridgehead atoms. The fourth-order valence-electron chi connectivity index (χ4n) is 4.44. The van der Waals surface area contributed by atoms with Crippen molar-refractivity contribution in [3.05, 3.63) is 76.8 Å². The van der Waals surface area contributed by atoms with Crippen LogP contribution >= 0.6 is 11.3 Å². The van der Waals surface area contributed by atoms with Gasteiger partial charge in [0.25, 0.3) is 5.91 Å². The van der Waals surface area contributed by atoms with Gasteiger partial charge in [-0.1, -0.05) is 48.5 Å². The minimum absolute atomic E-state index is 0.345. The highest BCUT2D eigenvalue weighted by atomic mass is 32.1. The van der Waals surface area contributed by atoms with Crippen LogP contribution in [-0.4, -0.2) is 45.4 Å². The smallest absolute Gasteiger partial charge is 0.339 e. The number of benzene rings is 2. The molecular weight excluding hydrogens is 472 g/mol. The van der Waals surface area contributed by atoms with E-state index in [0.29, 0.717) is 23.3 Å². The number of aromatic nitrogens is 2. The molecule has 5 rings (SSSR count). The molecule has 8 heteroatoms. The number of nitrogens with one attached hydrogen (secondary N) is 1. The molecule has 4 aromatic rings. The van der Waals surface area contributed by atoms with Gasteiger partial charge < -0.3 is 4.74 Å². The molecule has 2 aromatic carbocycles. The molecule has 1 aliphatic heterocycles. The van der Waals surface area contributed by atoms with E-state index in [1.165, 1.54) is 11.3 Å². The van der Waals surface area contributed by atoms with Gasteiger partial charge in [-0.15, -0.1) is 11.3 Å². The van der Waals surface area contributed by atoms with Crippen LogP contribution in [0.4, 0.5) is 5.13 Å². The lowest BCUT2D eigenvalue weighted by Crippen LogP contribution is -2.37. The largest absolute Gasteiger partial charge is 0.449 e. The zero-order chi connectivity index (χ0) is 25.2. The normalized spacial score (nSPS) is 14.4. The van der Waals surface area contributed by atoms with Crippen LogP contribution in [0.1, 0.15) is 42.4 Å². The topological polar surface area (TPSA) is 84.4 Å². The third-order valence-corrected chi connectivity index (χ3v) is 7.23. The summed E-state index contributed by atoms with van der Waals surface area (Å²) in [5, 5.41) is 5.87. The predicted molar refractivity (Wildman–Crippen MR) is 142 cm³/mol. The molecule has 1 aliphatic rings. The SMILES string of the molecule is CC(OC(=O)c1c2c(nc3ccccc13)CCN(C(C)C)C2)C(=O)Nc1nc(-c2ccccc2)cs1. The van der Waals surface area contributed by atoms with Gasteiger partial charge in [-0.25, -0.2) is 9.78 Å². The summed E-state index contributed by atoms with van der Waals surface area (Å²) in [5.41, 5.74) is 4.82. The second-order valence-corrected chi connectivity index (χ2v) is 10.0. The zero-order valence-electron chi connectivity index (χ0n) is 20.5. The van der Waals surface area contributed by atoms with Gasteiger partial charge in [0.15, 0.2) is 11.2 Å². The Labute approximate surface area is 214 Å². The number of hydrogen-bond donors (Lipinski definition) is 1. The van der Waals surface area contributed by atoms with E-state index in [9.17, 15) is 9.59 Å². The number of esters is 1. The summed E-state index contributed by atoms with van der Waals surface area (Å²) in [5.74, 6) is -0.935. The van der Waals surface area contributed by atoms with Crippen molar-refractivity contribution in [2.24, 2.45) is 0 Å². The van der Waals surface area contributed by atoms with Crippen LogP contribution in [0.2, 0.25) is 0 Å². The van der Waals surface area contributed by atoms with Gasteiger partial charge in [0.05, 0.1) is 16.8 Å². The number of ether oxygens (including phenoxy) is 1. The standard InChI is InChI=1S/C28H28N4O3S/c1-17(2)32-14-13-23-21(15-32)25(20-11-7-8-12-22(20)29-23)27(34)35-18(3)26(33)31-28-30-24(16-36-28)19-9-5-4-6-10-19/h4-12,16-18H,13-15H2,1-3H3,(H,30,31,33). The Morgan fingerprint density at radius 2 is 1.78 bits per heavy atom. The number of fused-ring (bicyclic) bond motifs is 2. The number of amides is 1. The van der Waals surface area contributed by atoms with Crippen molar-refractivity contribution in [1.82, 2.24) is 14.9 Å². The molecule has 1 amide bonds. The van der Waals surface area contributed by atoms with Crippen molar-refractivity contribution < 1.29 is 14.3 Å². The molecule has 0 radical (unpaired) electrons. The van der Waals surface area contributed by atoms with Crippen molar-refractivity contribution in [1.29, 1.82) is 0 Å². The highest BCUT2D eigenvalue weighted by molar-refractivity contribution is 7.14. The van der Waals surface area contributed by atoms with Crippen LogP contribution in [0.5, 0.6) is 0 Å². The number of para-hydroxylation sites is 1. The molecule has 184 valence electrons. The summed E-state index contributed by atoms with van der Waals surface area (Å²) >= 11 is 1.33. The molecule has 7 nitrogen and oxygen atoms in total. The van der Waals surface area contributed by atoms with Crippen molar-refractivity contribution in [2.45, 2.75) is 45.9 Å². The third kappa shape index (κ3) is 4.87. The van der Waals surface area contributed by atoms with Crippen molar-refractivity contribution in [2.75, 3.05) is 11.9 Å². The Morgan fingerprint density at radius 1 is 1.03 bits per heavy atom. The fraction of sp³-hybridized carbons (Fsp3) is 0.286. The molecule has 0 aliphatic carbocycles. The Balaban J connectivity index is 1.36. The van der Waals surface area contributed by atoms with Crippen LogP contribution in [0.3, 0.4) is 0 Å². The Morgan fingerprint density at radius 3 is 2.56 bits per heavy atom. The molecule has 2 aromatic heterocycles. The van der Waals surface area contributed by atoms with Crippen LogP contribution in [0.15, 0.2) is 60.0 Å². The lowest BCUT2D eigenvalue weighted by atomic mass is 9.95. The van der Waals surface area contributed by atoms with Crippen molar-refractivity contribution >= 4 is 39.2 Å². The number of pyridine rings is 1. The van der Waals surface area contributed by atoms with E-state index in [4.69, 9.17) is 9.72 Å². The van der Waals surface area contributed by atoms with Gasteiger partial charge in [-0.3, -0.25) is 20.0 Å². The van der Waals surface area contributed by atoms with E-state index in [2.05, 4.69) is 29.0 Å². The number of carbonyl (C=O) groups excluding carboxylic acids is 2. The highest BCUT2D eigenvalue weighted by Crippen LogP contribution is 2.30. The second-order valence-electron chi connectivity index (χ2n) is 9.18. The average Bonchev–Trinajstić information content (AvgIpc) is 3.35. The quantitative estimate of drug-likeness (QED) is 0.361. The Kier molecular flexibility index (Phi) is 6.80. The van der Waals surface area contributed by atoms with Crippen LogP contribution in [-0.2, 0) is 22.5 Å². The molecule has 0 saturated carbocycles. The first-order chi connectivity index (χ1) is 17.4. The summed E-state index contributed by atoms with van der Waals surface area (Å²) in [4.78, 5) is 38.0. The number of nitrogens with zero attached hydrogens (tertiary/aromatic N) is 3.